The molecule has 0 amide bonds. The van der Waals surface area contributed by atoms with Crippen LogP contribution in [0.5, 0.6) is 0 Å². The molecule has 0 aliphatic heterocycles. The molecule has 0 bridgehead atoms. The zero-order valence-corrected chi connectivity index (χ0v) is 24.7. The third-order valence-electron chi connectivity index (χ3n) is 8.64. The standard InChI is InChI=1S/C19H22F3N3O.C13H10F3N3O/c20-19(21,22)14-8-9-16(23-10-14)25-11-15(17(24-25)12-6-7-12)18(26)13-4-2-1-3-5-13;14-13(15,16)10-3-4-11(17-5-10)19-6-9(7-20)12(18-19)8-1-2-8/h8-13,18,26H,1-7H2;3-8H,1-2H2. The molecule has 7 rings (SSSR count). The molecule has 0 aromatic carbocycles. The second-order valence-corrected chi connectivity index (χ2v) is 12.1. The fourth-order valence-electron chi connectivity index (χ4n) is 5.79. The molecular formula is C32H32F6N6O2. The predicted molar refractivity (Wildman–Crippen MR) is 154 cm³/mol. The average Bonchev–Trinajstić information content (AvgIpc) is 3.99. The highest BCUT2D eigenvalue weighted by atomic mass is 19.4. The zero-order chi connectivity index (χ0) is 32.6. The van der Waals surface area contributed by atoms with Crippen LogP contribution in [0.2, 0.25) is 0 Å². The highest BCUT2D eigenvalue weighted by molar-refractivity contribution is 5.76. The van der Waals surface area contributed by atoms with Crippen LogP contribution in [0.4, 0.5) is 26.3 Å². The number of hydrogen-bond donors (Lipinski definition) is 1. The van der Waals surface area contributed by atoms with E-state index in [4.69, 9.17) is 0 Å². The topological polar surface area (TPSA) is 98.7 Å². The SMILES string of the molecule is O=Cc1cn(-c2ccc(C(F)(F)F)cn2)nc1C1CC1.OC(c1cn(-c2ccc(C(F)(F)F)cn2)nc1C1CC1)C1CCCCC1. The van der Waals surface area contributed by atoms with Crippen molar-refractivity contribution >= 4 is 6.29 Å². The van der Waals surface area contributed by atoms with Crippen molar-refractivity contribution in [3.63, 3.8) is 0 Å². The van der Waals surface area contributed by atoms with Crippen LogP contribution in [0.3, 0.4) is 0 Å². The molecule has 46 heavy (non-hydrogen) atoms. The van der Waals surface area contributed by atoms with Gasteiger partial charge in [0.25, 0.3) is 0 Å². The minimum Gasteiger partial charge on any atom is -0.388 e. The van der Waals surface area contributed by atoms with Crippen LogP contribution in [0.25, 0.3) is 11.6 Å². The van der Waals surface area contributed by atoms with E-state index in [9.17, 15) is 36.2 Å². The third kappa shape index (κ3) is 7.16. The van der Waals surface area contributed by atoms with E-state index in [2.05, 4.69) is 20.2 Å². The Bertz CT molecular complexity index is 1650. The Morgan fingerprint density at radius 2 is 1.22 bits per heavy atom. The minimum absolute atomic E-state index is 0.236. The monoisotopic (exact) mass is 646 g/mol. The molecule has 4 heterocycles. The summed E-state index contributed by atoms with van der Waals surface area (Å²) in [5.74, 6) is 1.46. The van der Waals surface area contributed by atoms with Gasteiger partial charge in [0.15, 0.2) is 17.9 Å². The van der Waals surface area contributed by atoms with Crippen molar-refractivity contribution in [2.45, 2.75) is 88.1 Å². The number of aliphatic hydroxyl groups excluding tert-OH is 1. The lowest BCUT2D eigenvalue weighted by Crippen LogP contribution is -2.16. The summed E-state index contributed by atoms with van der Waals surface area (Å²) in [5.41, 5.74) is 1.27. The fourth-order valence-corrected chi connectivity index (χ4v) is 5.79. The van der Waals surface area contributed by atoms with Gasteiger partial charge in [-0.25, -0.2) is 19.3 Å². The van der Waals surface area contributed by atoms with Gasteiger partial charge in [-0.3, -0.25) is 4.79 Å². The number of halogens is 6. The number of nitrogens with zero attached hydrogens (tertiary/aromatic N) is 6. The van der Waals surface area contributed by atoms with E-state index in [1.807, 2.05) is 0 Å². The molecule has 0 saturated heterocycles. The number of alkyl halides is 6. The zero-order valence-electron chi connectivity index (χ0n) is 24.7. The number of aldehydes is 1. The van der Waals surface area contributed by atoms with E-state index in [0.717, 1.165) is 87.2 Å². The quantitative estimate of drug-likeness (QED) is 0.163. The Hall–Kier alpha value is -4.07. The van der Waals surface area contributed by atoms with Crippen molar-refractivity contribution in [2.75, 3.05) is 0 Å². The van der Waals surface area contributed by atoms with Crippen molar-refractivity contribution in [2.24, 2.45) is 5.92 Å². The lowest BCUT2D eigenvalue weighted by Gasteiger charge is -2.26. The van der Waals surface area contributed by atoms with Gasteiger partial charge in [0.1, 0.15) is 0 Å². The Morgan fingerprint density at radius 1 is 0.717 bits per heavy atom. The minimum atomic E-state index is -4.41. The summed E-state index contributed by atoms with van der Waals surface area (Å²) in [5, 5.41) is 19.7. The van der Waals surface area contributed by atoms with Gasteiger partial charge in [-0.05, 0) is 68.7 Å². The number of pyridine rings is 2. The van der Waals surface area contributed by atoms with Gasteiger partial charge in [0.05, 0.1) is 34.2 Å². The highest BCUT2D eigenvalue weighted by Crippen LogP contribution is 2.45. The average molecular weight is 647 g/mol. The lowest BCUT2D eigenvalue weighted by molar-refractivity contribution is -0.138. The molecule has 4 aromatic heterocycles. The van der Waals surface area contributed by atoms with E-state index in [-0.39, 0.29) is 17.7 Å². The van der Waals surface area contributed by atoms with Gasteiger partial charge in [0.2, 0.25) is 0 Å². The Morgan fingerprint density at radius 3 is 1.67 bits per heavy atom. The molecule has 1 atom stereocenters. The van der Waals surface area contributed by atoms with Crippen LogP contribution in [-0.2, 0) is 12.4 Å². The maximum Gasteiger partial charge on any atom is 0.417 e. The predicted octanol–water partition coefficient (Wildman–Crippen LogP) is 7.75. The number of aromatic nitrogens is 6. The smallest absolute Gasteiger partial charge is 0.388 e. The summed E-state index contributed by atoms with van der Waals surface area (Å²) in [6, 6.07) is 4.52. The number of rotatable bonds is 7. The largest absolute Gasteiger partial charge is 0.417 e. The van der Waals surface area contributed by atoms with E-state index in [1.54, 1.807) is 6.20 Å². The van der Waals surface area contributed by atoms with Crippen molar-refractivity contribution in [3.8, 4) is 11.6 Å². The third-order valence-corrected chi connectivity index (χ3v) is 8.64. The highest BCUT2D eigenvalue weighted by Gasteiger charge is 2.35. The van der Waals surface area contributed by atoms with Crippen LogP contribution < -0.4 is 0 Å². The molecule has 3 aliphatic carbocycles. The van der Waals surface area contributed by atoms with Gasteiger partial charge in [-0.1, -0.05) is 19.3 Å². The summed E-state index contributed by atoms with van der Waals surface area (Å²) in [6.07, 6.45) is 5.72. The fraction of sp³-hybridized carbons (Fsp3) is 0.469. The first-order valence-corrected chi connectivity index (χ1v) is 15.3. The molecule has 1 unspecified atom stereocenters. The van der Waals surface area contributed by atoms with Crippen LogP contribution in [0.15, 0.2) is 49.1 Å². The molecular weight excluding hydrogens is 614 g/mol. The molecule has 244 valence electrons. The van der Waals surface area contributed by atoms with Crippen molar-refractivity contribution in [3.05, 3.63) is 82.7 Å². The van der Waals surface area contributed by atoms with Gasteiger partial charge >= 0.3 is 12.4 Å². The molecule has 3 saturated carbocycles. The molecule has 1 N–H and O–H groups in total. The van der Waals surface area contributed by atoms with Crippen molar-refractivity contribution in [1.29, 1.82) is 0 Å². The molecule has 3 fully saturated rings. The lowest BCUT2D eigenvalue weighted by atomic mass is 9.82. The summed E-state index contributed by atoms with van der Waals surface area (Å²) in [7, 11) is 0. The molecule has 0 radical (unpaired) electrons. The Kier molecular flexibility index (Phi) is 8.75. The van der Waals surface area contributed by atoms with Gasteiger partial charge in [-0.2, -0.15) is 36.5 Å². The normalized spacial score (nSPS) is 18.2. The van der Waals surface area contributed by atoms with Crippen LogP contribution in [0, 0.1) is 5.92 Å². The Balaban J connectivity index is 0.000000167. The molecule has 3 aliphatic rings. The summed E-state index contributed by atoms with van der Waals surface area (Å²) in [6.45, 7) is 0. The van der Waals surface area contributed by atoms with E-state index < -0.39 is 29.6 Å². The van der Waals surface area contributed by atoms with E-state index >= 15 is 0 Å². The second-order valence-electron chi connectivity index (χ2n) is 12.1. The van der Waals surface area contributed by atoms with Crippen molar-refractivity contribution < 1.29 is 36.2 Å². The molecule has 14 heteroatoms. The number of carbonyl (C=O) groups is 1. The maximum atomic E-state index is 12.7. The van der Waals surface area contributed by atoms with Crippen molar-refractivity contribution in [1.82, 2.24) is 29.5 Å². The number of aliphatic hydroxyl groups is 1. The van der Waals surface area contributed by atoms with Gasteiger partial charge in [0, 0.05) is 42.2 Å². The summed E-state index contributed by atoms with van der Waals surface area (Å²) >= 11 is 0. The Labute approximate surface area is 260 Å². The first-order valence-electron chi connectivity index (χ1n) is 15.3. The summed E-state index contributed by atoms with van der Waals surface area (Å²) in [4.78, 5) is 18.6. The number of hydrogen-bond acceptors (Lipinski definition) is 6. The van der Waals surface area contributed by atoms with E-state index in [0.29, 0.717) is 29.3 Å². The molecule has 8 nitrogen and oxygen atoms in total. The number of carbonyl (C=O) groups excluding carboxylic acids is 1. The maximum absolute atomic E-state index is 12.7. The van der Waals surface area contributed by atoms with E-state index in [1.165, 1.54) is 34.1 Å². The van der Waals surface area contributed by atoms with Crippen LogP contribution in [0.1, 0.15) is 114 Å². The molecule has 4 aromatic rings. The van der Waals surface area contributed by atoms with Gasteiger partial charge < -0.3 is 5.11 Å². The van der Waals surface area contributed by atoms with Gasteiger partial charge in [-0.15, -0.1) is 0 Å². The molecule has 0 spiro atoms. The first-order chi connectivity index (χ1) is 21.9. The first kappa shape index (κ1) is 31.9. The second kappa shape index (κ2) is 12.6. The summed E-state index contributed by atoms with van der Waals surface area (Å²) < 4.78 is 78.4. The van der Waals surface area contributed by atoms with Crippen LogP contribution in [-0.4, -0.2) is 40.9 Å². The van der Waals surface area contributed by atoms with Crippen LogP contribution >= 0.6 is 0 Å².